The largest absolute Gasteiger partial charge is 0.383 e. The van der Waals surface area contributed by atoms with Crippen molar-refractivity contribution >= 4 is 33.9 Å². The third-order valence-electron chi connectivity index (χ3n) is 6.06. The van der Waals surface area contributed by atoms with Gasteiger partial charge in [0, 0.05) is 74.8 Å². The molecule has 1 unspecified atom stereocenters. The number of fused-ring (bicyclic) bond motifs is 1. The van der Waals surface area contributed by atoms with Crippen LogP contribution >= 0.6 is 11.6 Å². The molecular formula is C28H37ClN6. The minimum Gasteiger partial charge on any atom is -0.383 e. The molecule has 1 saturated heterocycles. The molecule has 3 aromatic rings. The number of nitrogens with zero attached hydrogens (tertiary/aromatic N) is 5. The highest BCUT2D eigenvalue weighted by Gasteiger charge is 2.28. The van der Waals surface area contributed by atoms with Gasteiger partial charge in [-0.3, -0.25) is 24.8 Å². The molecule has 186 valence electrons. The van der Waals surface area contributed by atoms with Gasteiger partial charge < -0.3 is 5.32 Å². The van der Waals surface area contributed by atoms with Gasteiger partial charge in [-0.2, -0.15) is 0 Å². The summed E-state index contributed by atoms with van der Waals surface area (Å²) in [5.41, 5.74) is 4.11. The van der Waals surface area contributed by atoms with Crippen LogP contribution in [0.2, 0.25) is 5.02 Å². The smallest absolute Gasteiger partial charge is 0.0946 e. The first-order valence-electron chi connectivity index (χ1n) is 12.4. The molecule has 0 radical (unpaired) electrons. The van der Waals surface area contributed by atoms with Crippen molar-refractivity contribution in [3.63, 3.8) is 0 Å². The summed E-state index contributed by atoms with van der Waals surface area (Å²) < 4.78 is 0. The number of nitrogens with one attached hydrogen (secondary N) is 1. The molecule has 0 bridgehead atoms. The molecule has 1 aliphatic rings. The maximum absolute atomic E-state index is 6.11. The van der Waals surface area contributed by atoms with Crippen LogP contribution in [0.4, 0.5) is 5.69 Å². The fourth-order valence-corrected chi connectivity index (χ4v) is 4.56. The zero-order valence-corrected chi connectivity index (χ0v) is 22.0. The highest BCUT2D eigenvalue weighted by Crippen LogP contribution is 2.25. The van der Waals surface area contributed by atoms with Crippen LogP contribution < -0.4 is 5.32 Å². The van der Waals surface area contributed by atoms with E-state index in [9.17, 15) is 0 Å². The Bertz CT molecular complexity index is 1110. The molecular weight excluding hydrogens is 456 g/mol. The van der Waals surface area contributed by atoms with Gasteiger partial charge in [0.25, 0.3) is 0 Å². The van der Waals surface area contributed by atoms with Crippen LogP contribution in [0.3, 0.4) is 0 Å². The number of benzene rings is 1. The summed E-state index contributed by atoms with van der Waals surface area (Å²) in [6, 6.07) is 14.1. The van der Waals surface area contributed by atoms with Crippen molar-refractivity contribution in [2.24, 2.45) is 4.99 Å². The lowest BCUT2D eigenvalue weighted by Gasteiger charge is -2.39. The van der Waals surface area contributed by atoms with Gasteiger partial charge in [0.15, 0.2) is 0 Å². The average molecular weight is 493 g/mol. The Kier molecular flexibility index (Phi) is 10.7. The van der Waals surface area contributed by atoms with Gasteiger partial charge in [-0.05, 0) is 49.4 Å². The fourth-order valence-electron chi connectivity index (χ4n) is 4.39. The van der Waals surface area contributed by atoms with E-state index in [1.165, 1.54) is 0 Å². The van der Waals surface area contributed by atoms with E-state index in [4.69, 9.17) is 11.6 Å². The van der Waals surface area contributed by atoms with E-state index < -0.39 is 0 Å². The van der Waals surface area contributed by atoms with Crippen molar-refractivity contribution in [1.82, 2.24) is 19.8 Å². The van der Waals surface area contributed by atoms with Gasteiger partial charge in [0.2, 0.25) is 0 Å². The van der Waals surface area contributed by atoms with Crippen LogP contribution in [0, 0.1) is 0 Å². The number of anilines is 1. The molecule has 7 heteroatoms. The normalized spacial score (nSPS) is 16.2. The number of rotatable bonds is 8. The molecule has 2 aromatic heterocycles. The number of aliphatic imine (C=N–C) groups is 1. The van der Waals surface area contributed by atoms with Gasteiger partial charge in [0.05, 0.1) is 23.0 Å². The third kappa shape index (κ3) is 7.10. The van der Waals surface area contributed by atoms with Crippen molar-refractivity contribution in [2.75, 3.05) is 51.6 Å². The zero-order chi connectivity index (χ0) is 25.0. The monoisotopic (exact) mass is 492 g/mol. The summed E-state index contributed by atoms with van der Waals surface area (Å²) >= 11 is 6.11. The zero-order valence-electron chi connectivity index (χ0n) is 21.3. The van der Waals surface area contributed by atoms with E-state index in [-0.39, 0.29) is 6.04 Å². The summed E-state index contributed by atoms with van der Waals surface area (Å²) in [6.07, 6.45) is 7.85. The van der Waals surface area contributed by atoms with Crippen LogP contribution in [0.1, 0.15) is 32.5 Å². The Morgan fingerprint density at radius 3 is 2.57 bits per heavy atom. The van der Waals surface area contributed by atoms with Crippen LogP contribution in [-0.2, 0) is 0 Å². The lowest BCUT2D eigenvalue weighted by atomic mass is 10.0. The van der Waals surface area contributed by atoms with Gasteiger partial charge >= 0.3 is 0 Å². The van der Waals surface area contributed by atoms with Crippen molar-refractivity contribution < 1.29 is 0 Å². The van der Waals surface area contributed by atoms with Crippen molar-refractivity contribution in [2.45, 2.75) is 26.8 Å². The van der Waals surface area contributed by atoms with E-state index in [0.29, 0.717) is 5.02 Å². The minimum absolute atomic E-state index is 0.0858. The molecule has 1 atom stereocenters. The number of pyridine rings is 2. The predicted octanol–water partition coefficient (Wildman–Crippen LogP) is 5.73. The second-order valence-electron chi connectivity index (χ2n) is 8.13. The summed E-state index contributed by atoms with van der Waals surface area (Å²) in [6.45, 7) is 11.9. The molecule has 0 saturated carbocycles. The van der Waals surface area contributed by atoms with Crippen LogP contribution in [-0.4, -0.2) is 71.8 Å². The Labute approximate surface area is 214 Å². The van der Waals surface area contributed by atoms with Gasteiger partial charge in [0.1, 0.15) is 0 Å². The predicted molar refractivity (Wildman–Crippen MR) is 150 cm³/mol. The SMILES string of the molecule is C/C=C\C(=NC)C(c1ccccn1)N1CCN(CCNc2ccnc3cc(Cl)ccc23)CC1.CC. The maximum Gasteiger partial charge on any atom is 0.0946 e. The Morgan fingerprint density at radius 1 is 1.09 bits per heavy atom. The Hall–Kier alpha value is -2.80. The number of allylic oxidation sites excluding steroid dienone is 1. The van der Waals surface area contributed by atoms with Crippen molar-refractivity contribution in [3.8, 4) is 0 Å². The lowest BCUT2D eigenvalue weighted by Crippen LogP contribution is -2.50. The summed E-state index contributed by atoms with van der Waals surface area (Å²) in [4.78, 5) is 18.6. The highest BCUT2D eigenvalue weighted by atomic mass is 35.5. The third-order valence-corrected chi connectivity index (χ3v) is 6.30. The van der Waals surface area contributed by atoms with E-state index in [1.807, 2.05) is 70.5 Å². The molecule has 4 rings (SSSR count). The van der Waals surface area contributed by atoms with Gasteiger partial charge in [-0.1, -0.05) is 37.6 Å². The quantitative estimate of drug-likeness (QED) is 0.407. The molecule has 0 spiro atoms. The van der Waals surface area contributed by atoms with Gasteiger partial charge in [-0.15, -0.1) is 0 Å². The molecule has 1 aliphatic heterocycles. The molecule has 1 aromatic carbocycles. The van der Waals surface area contributed by atoms with Crippen LogP contribution in [0.25, 0.3) is 10.9 Å². The molecule has 35 heavy (non-hydrogen) atoms. The molecule has 0 aliphatic carbocycles. The van der Waals surface area contributed by atoms with Crippen LogP contribution in [0.15, 0.2) is 72.0 Å². The first-order chi connectivity index (χ1) is 17.2. The number of aromatic nitrogens is 2. The van der Waals surface area contributed by atoms with Gasteiger partial charge in [-0.25, -0.2) is 0 Å². The molecule has 1 N–H and O–H groups in total. The van der Waals surface area contributed by atoms with E-state index in [1.54, 1.807) is 0 Å². The Morgan fingerprint density at radius 2 is 1.89 bits per heavy atom. The van der Waals surface area contributed by atoms with E-state index >= 15 is 0 Å². The molecule has 1 fully saturated rings. The molecule has 3 heterocycles. The number of hydrogen-bond donors (Lipinski definition) is 1. The van der Waals surface area contributed by atoms with Crippen LogP contribution in [0.5, 0.6) is 0 Å². The first-order valence-corrected chi connectivity index (χ1v) is 12.8. The summed E-state index contributed by atoms with van der Waals surface area (Å²) in [5.74, 6) is 0. The first kappa shape index (κ1) is 26.8. The maximum atomic E-state index is 6.11. The van der Waals surface area contributed by atoms with E-state index in [0.717, 1.165) is 67.3 Å². The fraction of sp³-hybridized carbons (Fsp3) is 0.393. The molecule has 0 amide bonds. The number of hydrogen-bond acceptors (Lipinski definition) is 6. The Balaban J connectivity index is 0.00000167. The highest BCUT2D eigenvalue weighted by molar-refractivity contribution is 6.31. The average Bonchev–Trinajstić information content (AvgIpc) is 2.91. The number of piperazine rings is 1. The lowest BCUT2D eigenvalue weighted by molar-refractivity contribution is 0.120. The second-order valence-corrected chi connectivity index (χ2v) is 8.57. The molecule has 6 nitrogen and oxygen atoms in total. The van der Waals surface area contributed by atoms with Crippen molar-refractivity contribution in [3.05, 3.63) is 77.7 Å². The standard InChI is InChI=1S/C26H31ClN6.C2H6/c1-3-6-23(28-2)26(24-7-4-5-11-29-24)33-17-15-32(16-18-33)14-13-31-22-10-12-30-25-19-20(27)8-9-21(22)25;1-2/h3-12,19,26H,13-18H2,1-2H3,(H,30,31);1-2H3/b6-3-,28-23?;. The van der Waals surface area contributed by atoms with E-state index in [2.05, 4.69) is 54.4 Å². The minimum atomic E-state index is 0.0858. The summed E-state index contributed by atoms with van der Waals surface area (Å²) in [7, 11) is 1.87. The second kappa shape index (κ2) is 13.9. The number of halogens is 1. The van der Waals surface area contributed by atoms with Crippen molar-refractivity contribution in [1.29, 1.82) is 0 Å². The summed E-state index contributed by atoms with van der Waals surface area (Å²) in [5, 5.41) is 5.39. The topological polar surface area (TPSA) is 56.7 Å².